The summed E-state index contributed by atoms with van der Waals surface area (Å²) >= 11 is 0. The van der Waals surface area contributed by atoms with Crippen LogP contribution >= 0.6 is 0 Å². The Morgan fingerprint density at radius 2 is 1.73 bits per heavy atom. The molecule has 3 rings (SSSR count). The zero-order valence-corrected chi connectivity index (χ0v) is 15.5. The van der Waals surface area contributed by atoms with Crippen LogP contribution in [0.4, 0.5) is 4.39 Å². The fraction of sp³-hybridized carbons (Fsp3) is 0.455. The standard InChI is InChI=1S/C22H28FNO2/c1-2-25-21-14-8-10-17(15-24-19-11-4-3-5-12-19)22(21)26-16-18-9-6-7-13-20(18)23/h6-10,13-14,19,24H,2-5,11-12,15-16H2,1H3. The molecule has 0 heterocycles. The van der Waals surface area contributed by atoms with Crippen LogP contribution in [0.1, 0.15) is 50.2 Å². The maximum Gasteiger partial charge on any atom is 0.166 e. The summed E-state index contributed by atoms with van der Waals surface area (Å²) in [5, 5.41) is 3.65. The van der Waals surface area contributed by atoms with Gasteiger partial charge in [0.1, 0.15) is 12.4 Å². The average molecular weight is 357 g/mol. The summed E-state index contributed by atoms with van der Waals surface area (Å²) in [6.45, 7) is 3.44. The van der Waals surface area contributed by atoms with Crippen molar-refractivity contribution in [2.75, 3.05) is 6.61 Å². The first-order chi connectivity index (χ1) is 12.8. The Balaban J connectivity index is 1.73. The molecule has 2 aromatic rings. The van der Waals surface area contributed by atoms with Crippen LogP contribution in [0.15, 0.2) is 42.5 Å². The minimum absolute atomic E-state index is 0.188. The van der Waals surface area contributed by atoms with Crippen molar-refractivity contribution in [3.63, 3.8) is 0 Å². The lowest BCUT2D eigenvalue weighted by Gasteiger charge is -2.24. The van der Waals surface area contributed by atoms with Gasteiger partial charge < -0.3 is 14.8 Å². The monoisotopic (exact) mass is 357 g/mol. The van der Waals surface area contributed by atoms with Gasteiger partial charge in [0, 0.05) is 23.7 Å². The second kappa shape index (κ2) is 9.58. The summed E-state index contributed by atoms with van der Waals surface area (Å²) in [6.07, 6.45) is 6.41. The van der Waals surface area contributed by atoms with Gasteiger partial charge in [0.2, 0.25) is 0 Å². The van der Waals surface area contributed by atoms with Crippen LogP contribution in [-0.2, 0) is 13.2 Å². The molecule has 0 radical (unpaired) electrons. The Kier molecular flexibility index (Phi) is 6.89. The number of hydrogen-bond acceptors (Lipinski definition) is 3. The highest BCUT2D eigenvalue weighted by Gasteiger charge is 2.16. The Morgan fingerprint density at radius 1 is 0.962 bits per heavy atom. The molecule has 2 aromatic carbocycles. The summed E-state index contributed by atoms with van der Waals surface area (Å²) < 4.78 is 25.7. The van der Waals surface area contributed by atoms with Crippen LogP contribution in [0.2, 0.25) is 0 Å². The summed E-state index contributed by atoms with van der Waals surface area (Å²) in [7, 11) is 0. The molecule has 0 unspecified atom stereocenters. The molecule has 0 spiro atoms. The Hall–Kier alpha value is -2.07. The summed E-state index contributed by atoms with van der Waals surface area (Å²) in [4.78, 5) is 0. The predicted octanol–water partition coefficient (Wildman–Crippen LogP) is 5.23. The molecule has 1 N–H and O–H groups in total. The van der Waals surface area contributed by atoms with Gasteiger partial charge in [-0.15, -0.1) is 0 Å². The fourth-order valence-electron chi connectivity index (χ4n) is 3.46. The predicted molar refractivity (Wildman–Crippen MR) is 102 cm³/mol. The number of nitrogens with one attached hydrogen (secondary N) is 1. The van der Waals surface area contributed by atoms with E-state index in [1.54, 1.807) is 12.1 Å². The molecule has 4 heteroatoms. The number of halogens is 1. The Bertz CT molecular complexity index is 698. The number of para-hydroxylation sites is 1. The summed E-state index contributed by atoms with van der Waals surface area (Å²) in [6, 6.07) is 13.2. The van der Waals surface area contributed by atoms with Crippen molar-refractivity contribution in [3.05, 3.63) is 59.4 Å². The molecule has 3 nitrogen and oxygen atoms in total. The minimum Gasteiger partial charge on any atom is -0.490 e. The third-order valence-corrected chi connectivity index (χ3v) is 4.88. The lowest BCUT2D eigenvalue weighted by molar-refractivity contribution is 0.261. The highest BCUT2D eigenvalue weighted by Crippen LogP contribution is 2.32. The molecule has 1 saturated carbocycles. The maximum atomic E-state index is 13.9. The second-order valence-electron chi connectivity index (χ2n) is 6.77. The van der Waals surface area contributed by atoms with Gasteiger partial charge >= 0.3 is 0 Å². The third kappa shape index (κ3) is 4.98. The Labute approximate surface area is 155 Å². The van der Waals surface area contributed by atoms with E-state index >= 15 is 0 Å². The van der Waals surface area contributed by atoms with Crippen molar-refractivity contribution in [1.82, 2.24) is 5.32 Å². The largest absolute Gasteiger partial charge is 0.490 e. The second-order valence-corrected chi connectivity index (χ2v) is 6.77. The average Bonchev–Trinajstić information content (AvgIpc) is 2.68. The van der Waals surface area contributed by atoms with Crippen molar-refractivity contribution in [2.45, 2.75) is 58.2 Å². The van der Waals surface area contributed by atoms with E-state index in [4.69, 9.17) is 9.47 Å². The molecule has 1 aliphatic carbocycles. The van der Waals surface area contributed by atoms with Crippen LogP contribution in [0.5, 0.6) is 11.5 Å². The molecule has 0 aliphatic heterocycles. The molecular weight excluding hydrogens is 329 g/mol. The van der Waals surface area contributed by atoms with Crippen molar-refractivity contribution < 1.29 is 13.9 Å². The summed E-state index contributed by atoms with van der Waals surface area (Å²) in [5.74, 6) is 1.18. The SMILES string of the molecule is CCOc1cccc(CNC2CCCCC2)c1OCc1ccccc1F. The molecule has 26 heavy (non-hydrogen) atoms. The van der Waals surface area contributed by atoms with Gasteiger partial charge in [0.05, 0.1) is 6.61 Å². The Morgan fingerprint density at radius 3 is 2.50 bits per heavy atom. The number of hydrogen-bond donors (Lipinski definition) is 1. The van der Waals surface area contributed by atoms with Gasteiger partial charge in [-0.05, 0) is 31.9 Å². The number of rotatable bonds is 8. The first-order valence-corrected chi connectivity index (χ1v) is 9.62. The van der Waals surface area contributed by atoms with E-state index in [1.807, 2.05) is 25.1 Å². The van der Waals surface area contributed by atoms with E-state index in [2.05, 4.69) is 11.4 Å². The lowest BCUT2D eigenvalue weighted by Crippen LogP contribution is -2.30. The van der Waals surface area contributed by atoms with Crippen molar-refractivity contribution >= 4 is 0 Å². The summed E-state index contributed by atoms with van der Waals surface area (Å²) in [5.41, 5.74) is 1.60. The molecular formula is C22H28FNO2. The normalized spacial score (nSPS) is 15.0. The van der Waals surface area contributed by atoms with Gasteiger partial charge in [0.15, 0.2) is 11.5 Å². The van der Waals surface area contributed by atoms with E-state index in [1.165, 1.54) is 38.2 Å². The van der Waals surface area contributed by atoms with Crippen LogP contribution in [0, 0.1) is 5.82 Å². The van der Waals surface area contributed by atoms with Crippen molar-refractivity contribution in [3.8, 4) is 11.5 Å². The topological polar surface area (TPSA) is 30.5 Å². The molecule has 0 saturated heterocycles. The van der Waals surface area contributed by atoms with E-state index < -0.39 is 0 Å². The maximum absolute atomic E-state index is 13.9. The first kappa shape index (κ1) is 18.7. The van der Waals surface area contributed by atoms with Crippen LogP contribution in [0.25, 0.3) is 0 Å². The zero-order chi connectivity index (χ0) is 18.2. The van der Waals surface area contributed by atoms with E-state index in [0.29, 0.717) is 29.7 Å². The van der Waals surface area contributed by atoms with Crippen LogP contribution in [-0.4, -0.2) is 12.6 Å². The fourth-order valence-corrected chi connectivity index (χ4v) is 3.46. The molecule has 0 bridgehead atoms. The molecule has 0 amide bonds. The molecule has 1 fully saturated rings. The van der Waals surface area contributed by atoms with E-state index in [9.17, 15) is 4.39 Å². The van der Waals surface area contributed by atoms with Crippen molar-refractivity contribution in [2.24, 2.45) is 0 Å². The quantitative estimate of drug-likeness (QED) is 0.702. The molecule has 140 valence electrons. The first-order valence-electron chi connectivity index (χ1n) is 9.62. The third-order valence-electron chi connectivity index (χ3n) is 4.88. The molecule has 1 aliphatic rings. The van der Waals surface area contributed by atoms with Crippen LogP contribution < -0.4 is 14.8 Å². The minimum atomic E-state index is -0.247. The van der Waals surface area contributed by atoms with E-state index in [-0.39, 0.29) is 12.4 Å². The van der Waals surface area contributed by atoms with Gasteiger partial charge in [-0.3, -0.25) is 0 Å². The smallest absolute Gasteiger partial charge is 0.166 e. The lowest BCUT2D eigenvalue weighted by atomic mass is 9.95. The van der Waals surface area contributed by atoms with Crippen molar-refractivity contribution in [1.29, 1.82) is 0 Å². The molecule has 0 atom stereocenters. The number of benzene rings is 2. The van der Waals surface area contributed by atoms with Gasteiger partial charge in [-0.25, -0.2) is 4.39 Å². The van der Waals surface area contributed by atoms with Gasteiger partial charge in [-0.1, -0.05) is 49.6 Å². The van der Waals surface area contributed by atoms with Gasteiger partial charge in [-0.2, -0.15) is 0 Å². The van der Waals surface area contributed by atoms with Crippen LogP contribution in [0.3, 0.4) is 0 Å². The van der Waals surface area contributed by atoms with E-state index in [0.717, 1.165) is 12.1 Å². The zero-order valence-electron chi connectivity index (χ0n) is 15.5. The highest BCUT2D eigenvalue weighted by molar-refractivity contribution is 5.47. The number of ether oxygens (including phenoxy) is 2. The van der Waals surface area contributed by atoms with Gasteiger partial charge in [0.25, 0.3) is 0 Å². The highest BCUT2D eigenvalue weighted by atomic mass is 19.1. The molecule has 0 aromatic heterocycles.